The fourth-order valence-electron chi connectivity index (χ4n) is 4.07. The Kier molecular flexibility index (Phi) is 10.7. The van der Waals surface area contributed by atoms with E-state index in [0.29, 0.717) is 17.5 Å². The Morgan fingerprint density at radius 2 is 1.57 bits per heavy atom. The molecule has 0 aliphatic carbocycles. The third kappa shape index (κ3) is 9.76. The van der Waals surface area contributed by atoms with Crippen molar-refractivity contribution in [3.05, 3.63) is 77.7 Å². The number of aryl methyl sites for hydroxylation is 1. The second-order valence-corrected chi connectivity index (χ2v) is 10.5. The van der Waals surface area contributed by atoms with Gasteiger partial charge in [0.25, 0.3) is 5.91 Å². The minimum Gasteiger partial charge on any atom is -0.353 e. The average molecular weight is 550 g/mol. The number of halogens is 1. The van der Waals surface area contributed by atoms with Crippen molar-refractivity contribution >= 4 is 34.5 Å². The molecule has 0 spiro atoms. The number of nitrogens with zero attached hydrogens (tertiary/aromatic N) is 1. The van der Waals surface area contributed by atoms with Gasteiger partial charge >= 0.3 is 0 Å². The van der Waals surface area contributed by atoms with Crippen LogP contribution in [0.2, 0.25) is 0 Å². The number of carbonyl (C=O) groups excluding carboxylic acids is 4. The molecule has 0 saturated carbocycles. The maximum absolute atomic E-state index is 13.1. The minimum atomic E-state index is -0.940. The molecule has 0 aliphatic heterocycles. The van der Waals surface area contributed by atoms with E-state index in [-0.39, 0.29) is 55.9 Å². The molecule has 0 saturated heterocycles. The van der Waals surface area contributed by atoms with Crippen LogP contribution in [0, 0.1) is 5.82 Å². The zero-order valence-electron chi connectivity index (χ0n) is 23.1. The first kappa shape index (κ1) is 30.2. The predicted octanol–water partition coefficient (Wildman–Crippen LogP) is 3.03. The molecule has 1 aromatic heterocycles. The van der Waals surface area contributed by atoms with E-state index >= 15 is 0 Å². The molecule has 1 heterocycles. The zero-order chi connectivity index (χ0) is 29.1. The lowest BCUT2D eigenvalue weighted by Gasteiger charge is -2.22. The standard InChI is InChI=1S/C30H36FN5O4/c1-30(2,3)36-26(38)16-14-24(35-25(37)15-11-20-9-12-22(31)13-10-20)29(40)34-19-18-33-28(39)23-8-4-6-21-7-5-17-32-27(21)23/h4-10,12-13,17,24H,11,14-16,18-19H2,1-3H3,(H,33,39)(H,34,40)(H,35,37)(H,36,38)/t24-/m0/s1. The van der Waals surface area contributed by atoms with Gasteiger partial charge in [-0.15, -0.1) is 0 Å². The summed E-state index contributed by atoms with van der Waals surface area (Å²) in [6, 6.07) is 13.9. The van der Waals surface area contributed by atoms with Gasteiger partial charge in [0.1, 0.15) is 11.9 Å². The van der Waals surface area contributed by atoms with Gasteiger partial charge in [-0.25, -0.2) is 4.39 Å². The highest BCUT2D eigenvalue weighted by molar-refractivity contribution is 6.05. The minimum absolute atomic E-state index is 0.0401. The summed E-state index contributed by atoms with van der Waals surface area (Å²) < 4.78 is 13.1. The topological polar surface area (TPSA) is 129 Å². The van der Waals surface area contributed by atoms with Gasteiger partial charge in [-0.05, 0) is 63.4 Å². The number of hydrogen-bond acceptors (Lipinski definition) is 5. The number of para-hydroxylation sites is 1. The Bertz CT molecular complexity index is 1330. The first-order valence-electron chi connectivity index (χ1n) is 13.3. The molecule has 0 bridgehead atoms. The molecule has 40 heavy (non-hydrogen) atoms. The molecule has 3 rings (SSSR count). The summed E-state index contributed by atoms with van der Waals surface area (Å²) in [7, 11) is 0. The first-order chi connectivity index (χ1) is 19.0. The molecule has 10 heteroatoms. The second-order valence-electron chi connectivity index (χ2n) is 10.5. The van der Waals surface area contributed by atoms with Crippen molar-refractivity contribution in [3.8, 4) is 0 Å². The van der Waals surface area contributed by atoms with Gasteiger partial charge in [0.2, 0.25) is 17.7 Å². The molecule has 4 N–H and O–H groups in total. The summed E-state index contributed by atoms with van der Waals surface area (Å²) in [5.41, 5.74) is 1.38. The third-order valence-electron chi connectivity index (χ3n) is 5.97. The quantitative estimate of drug-likeness (QED) is 0.258. The van der Waals surface area contributed by atoms with Crippen LogP contribution in [0.3, 0.4) is 0 Å². The van der Waals surface area contributed by atoms with Gasteiger partial charge in [0.05, 0.1) is 11.1 Å². The number of fused-ring (bicyclic) bond motifs is 1. The van der Waals surface area contributed by atoms with Crippen molar-refractivity contribution in [2.75, 3.05) is 13.1 Å². The van der Waals surface area contributed by atoms with Gasteiger partial charge in [-0.3, -0.25) is 24.2 Å². The summed E-state index contributed by atoms with van der Waals surface area (Å²) in [5.74, 6) is -1.73. The summed E-state index contributed by atoms with van der Waals surface area (Å²) in [4.78, 5) is 54.9. The van der Waals surface area contributed by atoms with Crippen LogP contribution in [0.1, 0.15) is 56.0 Å². The average Bonchev–Trinajstić information content (AvgIpc) is 2.91. The fraction of sp³-hybridized carbons (Fsp3) is 0.367. The number of aromatic nitrogens is 1. The van der Waals surface area contributed by atoms with Gasteiger partial charge in [0.15, 0.2) is 0 Å². The number of hydrogen-bond donors (Lipinski definition) is 4. The van der Waals surface area contributed by atoms with Crippen molar-refractivity contribution < 1.29 is 23.6 Å². The highest BCUT2D eigenvalue weighted by Crippen LogP contribution is 2.15. The normalized spacial score (nSPS) is 11.9. The molecule has 1 atom stereocenters. The number of carbonyl (C=O) groups is 4. The van der Waals surface area contributed by atoms with Gasteiger partial charge < -0.3 is 21.3 Å². The molecule has 3 aromatic rings. The van der Waals surface area contributed by atoms with Crippen molar-refractivity contribution in [1.82, 2.24) is 26.3 Å². The summed E-state index contributed by atoms with van der Waals surface area (Å²) in [5, 5.41) is 11.9. The molecule has 0 aliphatic rings. The first-order valence-corrected chi connectivity index (χ1v) is 13.3. The van der Waals surface area contributed by atoms with Gasteiger partial charge in [-0.2, -0.15) is 0 Å². The van der Waals surface area contributed by atoms with Crippen molar-refractivity contribution in [2.45, 2.75) is 58.0 Å². The lowest BCUT2D eigenvalue weighted by Crippen LogP contribution is -2.49. The number of amides is 4. The molecular formula is C30H36FN5O4. The van der Waals surface area contributed by atoms with Gasteiger partial charge in [0, 0.05) is 43.1 Å². The third-order valence-corrected chi connectivity index (χ3v) is 5.97. The van der Waals surface area contributed by atoms with E-state index in [0.717, 1.165) is 10.9 Å². The number of benzene rings is 2. The van der Waals surface area contributed by atoms with Crippen LogP contribution < -0.4 is 21.3 Å². The van der Waals surface area contributed by atoms with Crippen LogP contribution in [0.15, 0.2) is 60.8 Å². The highest BCUT2D eigenvalue weighted by atomic mass is 19.1. The van der Waals surface area contributed by atoms with Crippen molar-refractivity contribution in [1.29, 1.82) is 0 Å². The zero-order valence-corrected chi connectivity index (χ0v) is 23.1. The van der Waals surface area contributed by atoms with Crippen molar-refractivity contribution in [3.63, 3.8) is 0 Å². The summed E-state index contributed by atoms with van der Waals surface area (Å²) in [6.07, 6.45) is 2.23. The molecule has 0 unspecified atom stereocenters. The molecule has 0 fully saturated rings. The van der Waals surface area contributed by atoms with E-state index in [1.165, 1.54) is 12.1 Å². The maximum Gasteiger partial charge on any atom is 0.253 e. The molecule has 0 radical (unpaired) electrons. The highest BCUT2D eigenvalue weighted by Gasteiger charge is 2.23. The predicted molar refractivity (Wildman–Crippen MR) is 151 cm³/mol. The largest absolute Gasteiger partial charge is 0.353 e. The number of nitrogens with one attached hydrogen (secondary N) is 4. The van der Waals surface area contributed by atoms with Crippen LogP contribution in [-0.4, -0.2) is 53.3 Å². The molecular weight excluding hydrogens is 513 g/mol. The second kappa shape index (κ2) is 14.2. The Balaban J connectivity index is 1.53. The molecule has 2 aromatic carbocycles. The molecule has 4 amide bonds. The Morgan fingerprint density at radius 3 is 2.30 bits per heavy atom. The van der Waals surface area contributed by atoms with Gasteiger partial charge in [-0.1, -0.05) is 30.3 Å². The Hall–Kier alpha value is -4.34. The Labute approximate surface area is 233 Å². The SMILES string of the molecule is CC(C)(C)NC(=O)CC[C@H](NC(=O)CCc1ccc(F)cc1)C(=O)NCCNC(=O)c1cccc2cccnc12. The van der Waals surface area contributed by atoms with Crippen molar-refractivity contribution in [2.24, 2.45) is 0 Å². The lowest BCUT2D eigenvalue weighted by atomic mass is 10.1. The van der Waals surface area contributed by atoms with E-state index < -0.39 is 17.5 Å². The van der Waals surface area contributed by atoms with E-state index in [9.17, 15) is 23.6 Å². The van der Waals surface area contributed by atoms with E-state index in [1.54, 1.807) is 36.5 Å². The monoisotopic (exact) mass is 549 g/mol. The van der Waals surface area contributed by atoms with Crippen LogP contribution in [0.25, 0.3) is 10.9 Å². The van der Waals surface area contributed by atoms with E-state index in [2.05, 4.69) is 26.3 Å². The summed E-state index contributed by atoms with van der Waals surface area (Å²) in [6.45, 7) is 5.85. The smallest absolute Gasteiger partial charge is 0.253 e. The van der Waals surface area contributed by atoms with Crippen LogP contribution >= 0.6 is 0 Å². The van der Waals surface area contributed by atoms with Crippen LogP contribution in [0.4, 0.5) is 4.39 Å². The maximum atomic E-state index is 13.1. The van der Waals surface area contributed by atoms with E-state index in [1.807, 2.05) is 32.9 Å². The fourth-order valence-corrected chi connectivity index (χ4v) is 4.07. The molecule has 9 nitrogen and oxygen atoms in total. The number of rotatable bonds is 12. The van der Waals surface area contributed by atoms with Crippen LogP contribution in [0.5, 0.6) is 0 Å². The summed E-state index contributed by atoms with van der Waals surface area (Å²) >= 11 is 0. The molecule has 212 valence electrons. The van der Waals surface area contributed by atoms with Crippen LogP contribution in [-0.2, 0) is 20.8 Å². The van der Waals surface area contributed by atoms with E-state index in [4.69, 9.17) is 0 Å². The lowest BCUT2D eigenvalue weighted by molar-refractivity contribution is -0.130. The number of pyridine rings is 1. The Morgan fingerprint density at radius 1 is 0.875 bits per heavy atom.